The molecule has 0 aliphatic carbocycles. The van der Waals surface area contributed by atoms with Crippen LogP contribution in [0, 0.1) is 0 Å². The van der Waals surface area contributed by atoms with Crippen LogP contribution in [0.1, 0.15) is 46.5 Å². The van der Waals surface area contributed by atoms with Crippen LogP contribution in [0.3, 0.4) is 0 Å². The lowest BCUT2D eigenvalue weighted by atomic mass is 10.2. The maximum atomic E-state index is 11.2. The van der Waals surface area contributed by atoms with Crippen molar-refractivity contribution < 1.29 is 24.5 Å². The number of hydrogen-bond acceptors (Lipinski definition) is 6. The molecule has 0 aliphatic rings. The van der Waals surface area contributed by atoms with E-state index in [0.717, 1.165) is 12.8 Å². The van der Waals surface area contributed by atoms with Crippen LogP contribution in [-0.2, 0) is 9.53 Å². The van der Waals surface area contributed by atoms with Gasteiger partial charge in [-0.05, 0) is 53.0 Å². The van der Waals surface area contributed by atoms with E-state index in [1.54, 1.807) is 20.8 Å². The standard InChI is InChI=1S/C11H22N2O4.C4H11NO/c1-11(2,3)17-10(16)13-8-9(15)12-6-4-5-7-14;5-3-1-2-4-6/h14H,4-8H2,1-3H3,(H,12,15)(H,13,16);6H,1-5H2. The first kappa shape index (κ1) is 23.9. The van der Waals surface area contributed by atoms with Crippen molar-refractivity contribution in [3.63, 3.8) is 0 Å². The van der Waals surface area contributed by atoms with Gasteiger partial charge in [0.15, 0.2) is 0 Å². The summed E-state index contributed by atoms with van der Waals surface area (Å²) < 4.78 is 4.97. The Hall–Kier alpha value is -1.38. The Morgan fingerprint density at radius 1 is 1.00 bits per heavy atom. The summed E-state index contributed by atoms with van der Waals surface area (Å²) in [6, 6.07) is 0. The molecule has 2 amide bonds. The lowest BCUT2D eigenvalue weighted by molar-refractivity contribution is -0.120. The van der Waals surface area contributed by atoms with Gasteiger partial charge in [0.25, 0.3) is 0 Å². The Morgan fingerprint density at radius 2 is 1.57 bits per heavy atom. The minimum absolute atomic E-state index is 0.103. The first-order valence-electron chi connectivity index (χ1n) is 7.92. The largest absolute Gasteiger partial charge is 0.444 e. The second-order valence-corrected chi connectivity index (χ2v) is 5.86. The Bertz CT molecular complexity index is 302. The topological polar surface area (TPSA) is 134 Å². The van der Waals surface area contributed by atoms with Crippen LogP contribution in [0.5, 0.6) is 0 Å². The molecule has 0 saturated carbocycles. The molecule has 8 nitrogen and oxygen atoms in total. The number of carbonyl (C=O) groups excluding carboxylic acids is 2. The van der Waals surface area contributed by atoms with E-state index in [1.807, 2.05) is 0 Å². The van der Waals surface area contributed by atoms with Crippen molar-refractivity contribution in [1.82, 2.24) is 10.6 Å². The first-order chi connectivity index (χ1) is 10.8. The second kappa shape index (κ2) is 15.5. The van der Waals surface area contributed by atoms with Gasteiger partial charge in [-0.15, -0.1) is 0 Å². The number of aliphatic hydroxyl groups excluding tert-OH is 2. The molecule has 0 aliphatic heterocycles. The van der Waals surface area contributed by atoms with E-state index in [0.29, 0.717) is 25.9 Å². The highest BCUT2D eigenvalue weighted by molar-refractivity contribution is 5.82. The Balaban J connectivity index is 0. The fourth-order valence-electron chi connectivity index (χ4n) is 1.25. The number of aliphatic hydroxyl groups is 2. The van der Waals surface area contributed by atoms with E-state index in [9.17, 15) is 9.59 Å². The molecule has 0 unspecified atom stereocenters. The molecule has 6 N–H and O–H groups in total. The molecule has 0 aromatic heterocycles. The second-order valence-electron chi connectivity index (χ2n) is 5.86. The third-order valence-corrected chi connectivity index (χ3v) is 2.31. The first-order valence-corrected chi connectivity index (χ1v) is 7.92. The van der Waals surface area contributed by atoms with Crippen molar-refractivity contribution in [1.29, 1.82) is 0 Å². The van der Waals surface area contributed by atoms with Crippen molar-refractivity contribution >= 4 is 12.0 Å². The lowest BCUT2D eigenvalue weighted by Crippen LogP contribution is -2.39. The minimum atomic E-state index is -0.608. The monoisotopic (exact) mass is 335 g/mol. The SMILES string of the molecule is CC(C)(C)OC(=O)NCC(=O)NCCCCO.NCCCCO. The quantitative estimate of drug-likeness (QED) is 0.380. The Morgan fingerprint density at radius 3 is 2.00 bits per heavy atom. The Kier molecular flexibility index (Phi) is 16.1. The highest BCUT2D eigenvalue weighted by atomic mass is 16.6. The highest BCUT2D eigenvalue weighted by Gasteiger charge is 2.16. The van der Waals surface area contributed by atoms with Gasteiger partial charge in [-0.3, -0.25) is 4.79 Å². The average molecular weight is 335 g/mol. The number of alkyl carbamates (subject to hydrolysis) is 1. The van der Waals surface area contributed by atoms with Crippen molar-refractivity contribution in [2.75, 3.05) is 32.8 Å². The van der Waals surface area contributed by atoms with Crippen LogP contribution in [-0.4, -0.2) is 60.7 Å². The molecular weight excluding hydrogens is 302 g/mol. The number of rotatable bonds is 9. The van der Waals surface area contributed by atoms with E-state index < -0.39 is 11.7 Å². The molecule has 0 radical (unpaired) electrons. The van der Waals surface area contributed by atoms with Crippen LogP contribution >= 0.6 is 0 Å². The summed E-state index contributed by atoms with van der Waals surface area (Å²) in [6.45, 7) is 6.73. The van der Waals surface area contributed by atoms with E-state index in [-0.39, 0.29) is 25.7 Å². The third kappa shape index (κ3) is 23.0. The fourth-order valence-corrected chi connectivity index (χ4v) is 1.25. The van der Waals surface area contributed by atoms with Crippen LogP contribution in [0.15, 0.2) is 0 Å². The van der Waals surface area contributed by atoms with E-state index >= 15 is 0 Å². The van der Waals surface area contributed by atoms with E-state index in [1.165, 1.54) is 0 Å². The van der Waals surface area contributed by atoms with Crippen molar-refractivity contribution in [3.8, 4) is 0 Å². The molecule has 0 aromatic rings. The number of nitrogens with one attached hydrogen (secondary N) is 2. The van der Waals surface area contributed by atoms with Gasteiger partial charge < -0.3 is 31.3 Å². The van der Waals surface area contributed by atoms with E-state index in [2.05, 4.69) is 10.6 Å². The smallest absolute Gasteiger partial charge is 0.408 e. The molecule has 23 heavy (non-hydrogen) atoms. The Labute approximate surface area is 138 Å². The maximum absolute atomic E-state index is 11.2. The van der Waals surface area contributed by atoms with Crippen LogP contribution in [0.25, 0.3) is 0 Å². The molecule has 0 rings (SSSR count). The van der Waals surface area contributed by atoms with Crippen molar-refractivity contribution in [2.24, 2.45) is 5.73 Å². The number of unbranched alkanes of at least 4 members (excludes halogenated alkanes) is 2. The molecule has 0 heterocycles. The molecule has 0 aromatic carbocycles. The average Bonchev–Trinajstić information content (AvgIpc) is 2.46. The summed E-state index contributed by atoms with van der Waals surface area (Å²) in [5.74, 6) is -0.270. The zero-order valence-electron chi connectivity index (χ0n) is 14.6. The summed E-state index contributed by atoms with van der Waals surface area (Å²) in [5.41, 5.74) is 4.54. The fraction of sp³-hybridized carbons (Fsp3) is 0.867. The molecule has 138 valence electrons. The molecule has 0 saturated heterocycles. The molecule has 0 fully saturated rings. The summed E-state index contributed by atoms with van der Waals surface area (Å²) in [6.07, 6.45) is 2.55. The van der Waals surface area contributed by atoms with Crippen molar-refractivity contribution in [2.45, 2.75) is 52.1 Å². The van der Waals surface area contributed by atoms with Gasteiger partial charge in [0.05, 0.1) is 6.54 Å². The molecule has 0 bridgehead atoms. The predicted octanol–water partition coefficient (Wildman–Crippen LogP) is 0.117. The molecule has 0 spiro atoms. The van der Waals surface area contributed by atoms with Gasteiger partial charge in [0.2, 0.25) is 5.91 Å². The van der Waals surface area contributed by atoms with Gasteiger partial charge >= 0.3 is 6.09 Å². The van der Waals surface area contributed by atoms with Crippen LogP contribution in [0.4, 0.5) is 4.79 Å². The van der Waals surface area contributed by atoms with Gasteiger partial charge in [-0.1, -0.05) is 0 Å². The summed E-state index contributed by atoms with van der Waals surface area (Å²) >= 11 is 0. The molecular formula is C15H33N3O5. The summed E-state index contributed by atoms with van der Waals surface area (Å²) in [5, 5.41) is 21.6. The molecule has 8 heteroatoms. The van der Waals surface area contributed by atoms with E-state index in [4.69, 9.17) is 20.7 Å². The van der Waals surface area contributed by atoms with Crippen molar-refractivity contribution in [3.05, 3.63) is 0 Å². The highest BCUT2D eigenvalue weighted by Crippen LogP contribution is 2.05. The predicted molar refractivity (Wildman–Crippen MR) is 88.9 cm³/mol. The van der Waals surface area contributed by atoms with Gasteiger partial charge in [-0.25, -0.2) is 4.79 Å². The minimum Gasteiger partial charge on any atom is -0.444 e. The number of carbonyl (C=O) groups is 2. The lowest BCUT2D eigenvalue weighted by Gasteiger charge is -2.19. The normalized spacial score (nSPS) is 10.3. The maximum Gasteiger partial charge on any atom is 0.408 e. The van der Waals surface area contributed by atoms with Gasteiger partial charge in [-0.2, -0.15) is 0 Å². The number of ether oxygens (including phenoxy) is 1. The van der Waals surface area contributed by atoms with Crippen LogP contribution < -0.4 is 16.4 Å². The van der Waals surface area contributed by atoms with Gasteiger partial charge in [0.1, 0.15) is 5.60 Å². The summed E-state index contributed by atoms with van der Waals surface area (Å²) in [7, 11) is 0. The van der Waals surface area contributed by atoms with Gasteiger partial charge in [0, 0.05) is 19.8 Å². The number of hydrogen-bond donors (Lipinski definition) is 5. The number of nitrogens with two attached hydrogens (primary N) is 1. The third-order valence-electron chi connectivity index (χ3n) is 2.31. The summed E-state index contributed by atoms with van der Waals surface area (Å²) in [4.78, 5) is 22.4. The van der Waals surface area contributed by atoms with Crippen LogP contribution in [0.2, 0.25) is 0 Å². The zero-order chi connectivity index (χ0) is 18.1. The zero-order valence-corrected chi connectivity index (χ0v) is 14.6. The molecule has 0 atom stereocenters. The number of amides is 2.